The van der Waals surface area contributed by atoms with Crippen LogP contribution in [0.4, 0.5) is 0 Å². The smallest absolute Gasteiger partial charge is 0.106 e. The van der Waals surface area contributed by atoms with Gasteiger partial charge in [-0.05, 0) is 38.5 Å². The molecule has 0 aromatic rings. The Kier molecular flexibility index (Phi) is 9.03. The summed E-state index contributed by atoms with van der Waals surface area (Å²) in [5.41, 5.74) is 0.142. The van der Waals surface area contributed by atoms with Gasteiger partial charge < -0.3 is 4.74 Å². The Morgan fingerprint density at radius 3 is 2.45 bits per heavy atom. The maximum atomic E-state index is 6.31. The van der Waals surface area contributed by atoms with E-state index in [1.54, 1.807) is 12.3 Å². The van der Waals surface area contributed by atoms with Crippen molar-refractivity contribution in [3.05, 3.63) is 23.8 Å². The minimum Gasteiger partial charge on any atom is -0.363 e. The van der Waals surface area contributed by atoms with Gasteiger partial charge >= 0.3 is 0 Å². The summed E-state index contributed by atoms with van der Waals surface area (Å²) in [6, 6.07) is -0.0660. The van der Waals surface area contributed by atoms with Gasteiger partial charge in [0.15, 0.2) is 0 Å². The van der Waals surface area contributed by atoms with Crippen molar-refractivity contribution in [1.82, 2.24) is 5.32 Å². The van der Waals surface area contributed by atoms with E-state index >= 15 is 0 Å². The van der Waals surface area contributed by atoms with Crippen LogP contribution < -0.4 is 5.32 Å². The van der Waals surface area contributed by atoms with E-state index in [1.165, 1.54) is 0 Å². The van der Waals surface area contributed by atoms with Crippen molar-refractivity contribution in [1.29, 1.82) is 0 Å². The van der Waals surface area contributed by atoms with Crippen LogP contribution in [0.25, 0.3) is 0 Å². The highest BCUT2D eigenvalue weighted by molar-refractivity contribution is 6.30. The van der Waals surface area contributed by atoms with Crippen LogP contribution in [0.1, 0.15) is 41.5 Å². The summed E-state index contributed by atoms with van der Waals surface area (Å²) in [6.07, 6.45) is 5.37. The van der Waals surface area contributed by atoms with E-state index in [-0.39, 0.29) is 23.7 Å². The number of hydrogen-bond donors (Lipinski definition) is 1. The predicted octanol–water partition coefficient (Wildman–Crippen LogP) is 4.14. The molecule has 0 bridgehead atoms. The lowest BCUT2D eigenvalue weighted by Gasteiger charge is -2.25. The zero-order valence-electron chi connectivity index (χ0n) is 13.6. The largest absolute Gasteiger partial charge is 0.363 e. The highest BCUT2D eigenvalue weighted by atomic mass is 35.5. The second-order valence-electron chi connectivity index (χ2n) is 6.09. The standard InChI is InChI=1S/C16H29ClN2O/c1-8-15(14(17)10-12(3)18-9-2)19-13(4)20-11-16(5,6)7/h8-10,12-13,15,19H,1,11H2,2-7H3/b14-10+,18-9-/t12?,13-,15+/m1/s1. The summed E-state index contributed by atoms with van der Waals surface area (Å²) in [5.74, 6) is 0. The first-order chi connectivity index (χ1) is 9.19. The summed E-state index contributed by atoms with van der Waals surface area (Å²) in [4.78, 5) is 4.25. The monoisotopic (exact) mass is 300 g/mol. The highest BCUT2D eigenvalue weighted by Crippen LogP contribution is 2.15. The van der Waals surface area contributed by atoms with Gasteiger partial charge in [0.2, 0.25) is 0 Å². The lowest BCUT2D eigenvalue weighted by molar-refractivity contribution is -0.000660. The Balaban J connectivity index is 4.50. The van der Waals surface area contributed by atoms with Gasteiger partial charge in [-0.1, -0.05) is 38.4 Å². The highest BCUT2D eigenvalue weighted by Gasteiger charge is 2.16. The molecule has 3 nitrogen and oxygen atoms in total. The Morgan fingerprint density at radius 1 is 1.40 bits per heavy atom. The summed E-state index contributed by atoms with van der Waals surface area (Å²) >= 11 is 6.31. The zero-order chi connectivity index (χ0) is 15.8. The van der Waals surface area contributed by atoms with E-state index in [2.05, 4.69) is 37.7 Å². The normalized spacial score (nSPS) is 18.1. The molecule has 116 valence electrons. The van der Waals surface area contributed by atoms with Crippen molar-refractivity contribution in [2.45, 2.75) is 59.9 Å². The summed E-state index contributed by atoms with van der Waals surface area (Å²) < 4.78 is 5.77. The Hall–Kier alpha value is -0.640. The minimum absolute atomic E-state index is 0.0579. The quantitative estimate of drug-likeness (QED) is 0.415. The van der Waals surface area contributed by atoms with E-state index in [0.29, 0.717) is 11.6 Å². The number of hydrogen-bond acceptors (Lipinski definition) is 3. The molecule has 0 aliphatic heterocycles. The number of nitrogens with one attached hydrogen (secondary N) is 1. The van der Waals surface area contributed by atoms with Crippen molar-refractivity contribution in [3.63, 3.8) is 0 Å². The van der Waals surface area contributed by atoms with Gasteiger partial charge in [0.25, 0.3) is 0 Å². The van der Waals surface area contributed by atoms with Crippen molar-refractivity contribution in [2.75, 3.05) is 6.61 Å². The van der Waals surface area contributed by atoms with Crippen molar-refractivity contribution in [3.8, 4) is 0 Å². The van der Waals surface area contributed by atoms with Crippen LogP contribution in [0, 0.1) is 5.41 Å². The van der Waals surface area contributed by atoms with E-state index in [1.807, 2.05) is 26.8 Å². The molecule has 20 heavy (non-hydrogen) atoms. The molecule has 4 heteroatoms. The van der Waals surface area contributed by atoms with Gasteiger partial charge in [-0.25, -0.2) is 0 Å². The Bertz CT molecular complexity index is 345. The molecule has 0 aromatic carbocycles. The van der Waals surface area contributed by atoms with Crippen LogP contribution in [0.5, 0.6) is 0 Å². The molecular weight excluding hydrogens is 272 g/mol. The third-order valence-corrected chi connectivity index (χ3v) is 2.86. The van der Waals surface area contributed by atoms with Crippen molar-refractivity contribution >= 4 is 17.8 Å². The van der Waals surface area contributed by atoms with Gasteiger partial charge in [-0.2, -0.15) is 0 Å². The molecule has 0 rings (SSSR count). The number of nitrogens with zero attached hydrogens (tertiary/aromatic N) is 1. The van der Waals surface area contributed by atoms with Crippen LogP contribution >= 0.6 is 11.6 Å². The predicted molar refractivity (Wildman–Crippen MR) is 89.6 cm³/mol. The fraction of sp³-hybridized carbons (Fsp3) is 0.688. The number of rotatable bonds is 8. The fourth-order valence-corrected chi connectivity index (χ4v) is 1.88. The summed E-state index contributed by atoms with van der Waals surface area (Å²) in [7, 11) is 0. The second kappa shape index (κ2) is 9.32. The molecule has 0 aromatic heterocycles. The maximum Gasteiger partial charge on any atom is 0.106 e. The van der Waals surface area contributed by atoms with Crippen LogP contribution in [0.3, 0.4) is 0 Å². The zero-order valence-corrected chi connectivity index (χ0v) is 14.4. The topological polar surface area (TPSA) is 33.6 Å². The molecule has 0 saturated carbocycles. The van der Waals surface area contributed by atoms with Crippen molar-refractivity contribution in [2.24, 2.45) is 10.4 Å². The van der Waals surface area contributed by atoms with Gasteiger partial charge in [-0.3, -0.25) is 10.3 Å². The first kappa shape index (κ1) is 19.4. The van der Waals surface area contributed by atoms with Crippen molar-refractivity contribution < 1.29 is 4.74 Å². The average molecular weight is 301 g/mol. The molecule has 0 heterocycles. The van der Waals surface area contributed by atoms with Gasteiger partial charge in [0.1, 0.15) is 6.23 Å². The first-order valence-corrected chi connectivity index (χ1v) is 7.42. The number of halogens is 1. The molecule has 0 amide bonds. The maximum absolute atomic E-state index is 6.31. The molecular formula is C16H29ClN2O. The molecule has 0 aliphatic rings. The minimum atomic E-state index is -0.124. The molecule has 0 radical (unpaired) electrons. The van der Waals surface area contributed by atoms with E-state index in [9.17, 15) is 0 Å². The molecule has 0 saturated heterocycles. The molecule has 3 atom stereocenters. The third kappa shape index (κ3) is 9.29. The molecule has 1 unspecified atom stereocenters. The SMILES string of the molecule is C=C[C@H](N[C@@H](C)OCC(C)(C)C)/C(Cl)=C\C(C)/N=C\C. The average Bonchev–Trinajstić information content (AvgIpc) is 2.32. The van der Waals surface area contributed by atoms with Crippen LogP contribution in [-0.2, 0) is 4.74 Å². The van der Waals surface area contributed by atoms with Crippen LogP contribution in [0.2, 0.25) is 0 Å². The molecule has 0 spiro atoms. The van der Waals surface area contributed by atoms with E-state index in [4.69, 9.17) is 16.3 Å². The van der Waals surface area contributed by atoms with E-state index in [0.717, 1.165) is 0 Å². The fourth-order valence-electron chi connectivity index (χ4n) is 1.55. The Morgan fingerprint density at radius 2 is 2.00 bits per heavy atom. The lowest BCUT2D eigenvalue weighted by Crippen LogP contribution is -2.38. The van der Waals surface area contributed by atoms with E-state index < -0.39 is 0 Å². The van der Waals surface area contributed by atoms with Crippen LogP contribution in [0.15, 0.2) is 28.8 Å². The van der Waals surface area contributed by atoms with Gasteiger partial charge in [-0.15, -0.1) is 6.58 Å². The summed E-state index contributed by atoms with van der Waals surface area (Å²) in [6.45, 7) is 16.8. The summed E-state index contributed by atoms with van der Waals surface area (Å²) in [5, 5.41) is 3.98. The molecule has 0 fully saturated rings. The third-order valence-electron chi connectivity index (χ3n) is 2.50. The second-order valence-corrected chi connectivity index (χ2v) is 6.53. The number of ether oxygens (including phenoxy) is 1. The number of aliphatic imine (C=N–C) groups is 1. The first-order valence-electron chi connectivity index (χ1n) is 7.04. The Labute approximate surface area is 129 Å². The van der Waals surface area contributed by atoms with Gasteiger partial charge in [0.05, 0.1) is 18.7 Å². The molecule has 1 N–H and O–H groups in total. The van der Waals surface area contributed by atoms with Crippen LogP contribution in [-0.4, -0.2) is 31.1 Å². The molecule has 0 aliphatic carbocycles. The van der Waals surface area contributed by atoms with Gasteiger partial charge in [0, 0.05) is 5.03 Å². The lowest BCUT2D eigenvalue weighted by atomic mass is 9.99.